The highest BCUT2D eigenvalue weighted by molar-refractivity contribution is 6.34. The van der Waals surface area contributed by atoms with Crippen molar-refractivity contribution in [1.82, 2.24) is 20.0 Å². The molecule has 1 saturated heterocycles. The summed E-state index contributed by atoms with van der Waals surface area (Å²) in [4.78, 5) is 25.6. The summed E-state index contributed by atoms with van der Waals surface area (Å²) < 4.78 is 1.59. The molecule has 2 rings (SSSR count). The molecule has 7 nitrogen and oxygen atoms in total. The third kappa shape index (κ3) is 4.62. The van der Waals surface area contributed by atoms with E-state index in [0.29, 0.717) is 17.5 Å². The Bertz CT molecular complexity index is 605. The molecule has 0 unspecified atom stereocenters. The van der Waals surface area contributed by atoms with Crippen molar-refractivity contribution >= 4 is 35.8 Å². The second kappa shape index (κ2) is 8.69. The molecule has 2 heterocycles. The number of hydrogen-bond donors (Lipinski definition) is 2. The third-order valence-electron chi connectivity index (χ3n) is 4.35. The fourth-order valence-electron chi connectivity index (χ4n) is 3.10. The molecule has 0 spiro atoms. The molecule has 1 aromatic heterocycles. The van der Waals surface area contributed by atoms with Gasteiger partial charge in [-0.1, -0.05) is 24.9 Å². The maximum absolute atomic E-state index is 12.5. The average Bonchev–Trinajstić information content (AvgIpc) is 2.94. The first-order chi connectivity index (χ1) is 10.8. The Morgan fingerprint density at radius 3 is 2.58 bits per heavy atom. The molecule has 2 atom stereocenters. The number of nitrogens with one attached hydrogen (secondary N) is 1. The van der Waals surface area contributed by atoms with E-state index < -0.39 is 0 Å². The van der Waals surface area contributed by atoms with Gasteiger partial charge in [0, 0.05) is 26.2 Å². The smallest absolute Gasteiger partial charge is 0.273 e. The summed E-state index contributed by atoms with van der Waals surface area (Å²) in [6, 6.07) is -0.0276. The van der Waals surface area contributed by atoms with Crippen molar-refractivity contribution in [2.75, 3.05) is 19.6 Å². The summed E-state index contributed by atoms with van der Waals surface area (Å²) in [5.74, 6) is -0.326. The molecule has 3 N–H and O–H groups in total. The standard InChI is InChI=1S/C15H24ClN5O2.ClH/c1-4-5-10-6-21(8-12(17)22)7-11(10)18-15(23)14-13(16)9(2)20(3)19-14;/h10-11H,4-8H2,1-3H3,(H2,17,22)(H,18,23);1H/t10-,11-;/m0./s1. The van der Waals surface area contributed by atoms with Crippen molar-refractivity contribution in [2.45, 2.75) is 32.7 Å². The molecule has 1 aliphatic heterocycles. The molecule has 0 aliphatic carbocycles. The van der Waals surface area contributed by atoms with Crippen LogP contribution in [0.1, 0.15) is 35.9 Å². The Balaban J connectivity index is 0.00000288. The summed E-state index contributed by atoms with van der Waals surface area (Å²) >= 11 is 6.17. The summed E-state index contributed by atoms with van der Waals surface area (Å²) in [6.45, 7) is 5.51. The number of rotatable bonds is 6. The van der Waals surface area contributed by atoms with E-state index in [-0.39, 0.29) is 42.5 Å². The number of aromatic nitrogens is 2. The van der Waals surface area contributed by atoms with E-state index in [2.05, 4.69) is 17.3 Å². The molecule has 0 radical (unpaired) electrons. The van der Waals surface area contributed by atoms with Gasteiger partial charge in [0.05, 0.1) is 17.3 Å². The Morgan fingerprint density at radius 1 is 1.42 bits per heavy atom. The third-order valence-corrected chi connectivity index (χ3v) is 4.80. The van der Waals surface area contributed by atoms with Gasteiger partial charge in [-0.25, -0.2) is 0 Å². The van der Waals surface area contributed by atoms with Crippen molar-refractivity contribution in [3.05, 3.63) is 16.4 Å². The Kier molecular flexibility index (Phi) is 7.51. The van der Waals surface area contributed by atoms with Crippen molar-refractivity contribution in [3.8, 4) is 0 Å². The second-order valence-electron chi connectivity index (χ2n) is 6.16. The lowest BCUT2D eigenvalue weighted by Gasteiger charge is -2.18. The minimum Gasteiger partial charge on any atom is -0.369 e. The first kappa shape index (κ1) is 20.7. The summed E-state index contributed by atoms with van der Waals surface area (Å²) in [5, 5.41) is 7.58. The van der Waals surface area contributed by atoms with Gasteiger partial charge in [0.2, 0.25) is 5.91 Å². The lowest BCUT2D eigenvalue weighted by Crippen LogP contribution is -2.41. The maximum atomic E-state index is 12.5. The van der Waals surface area contributed by atoms with Gasteiger partial charge in [-0.2, -0.15) is 5.10 Å². The summed E-state index contributed by atoms with van der Waals surface area (Å²) in [7, 11) is 1.75. The zero-order chi connectivity index (χ0) is 17.1. The predicted octanol–water partition coefficient (Wildman–Crippen LogP) is 1.12. The largest absolute Gasteiger partial charge is 0.369 e. The van der Waals surface area contributed by atoms with Gasteiger partial charge in [0.1, 0.15) is 0 Å². The molecule has 1 aliphatic rings. The molecule has 0 aromatic carbocycles. The quantitative estimate of drug-likeness (QED) is 0.776. The fraction of sp³-hybridized carbons (Fsp3) is 0.667. The number of aryl methyl sites for hydroxylation is 1. The minimum atomic E-state index is -0.351. The zero-order valence-corrected chi connectivity index (χ0v) is 15.8. The van der Waals surface area contributed by atoms with Crippen molar-refractivity contribution in [1.29, 1.82) is 0 Å². The molecular weight excluding hydrogens is 353 g/mol. The van der Waals surface area contributed by atoms with Crippen LogP contribution in [0.5, 0.6) is 0 Å². The van der Waals surface area contributed by atoms with E-state index >= 15 is 0 Å². The highest BCUT2D eigenvalue weighted by Gasteiger charge is 2.34. The van der Waals surface area contributed by atoms with Crippen molar-refractivity contribution in [3.63, 3.8) is 0 Å². The average molecular weight is 378 g/mol. The van der Waals surface area contributed by atoms with Crippen molar-refractivity contribution < 1.29 is 9.59 Å². The van der Waals surface area contributed by atoms with E-state index in [1.165, 1.54) is 0 Å². The second-order valence-corrected chi connectivity index (χ2v) is 6.54. The van der Waals surface area contributed by atoms with Crippen LogP contribution in [0.2, 0.25) is 5.02 Å². The van der Waals surface area contributed by atoms with Gasteiger partial charge in [-0.15, -0.1) is 12.4 Å². The first-order valence-corrected chi connectivity index (χ1v) is 8.21. The Morgan fingerprint density at radius 2 is 2.08 bits per heavy atom. The molecule has 0 saturated carbocycles. The molecule has 9 heteroatoms. The molecule has 24 heavy (non-hydrogen) atoms. The van der Waals surface area contributed by atoms with Gasteiger partial charge in [-0.05, 0) is 19.3 Å². The lowest BCUT2D eigenvalue weighted by atomic mass is 9.98. The number of carbonyl (C=O) groups is 2. The van der Waals surface area contributed by atoms with Crippen molar-refractivity contribution in [2.24, 2.45) is 18.7 Å². The highest BCUT2D eigenvalue weighted by Crippen LogP contribution is 2.23. The van der Waals surface area contributed by atoms with Gasteiger partial charge >= 0.3 is 0 Å². The topological polar surface area (TPSA) is 93.2 Å². The molecule has 1 aromatic rings. The van der Waals surface area contributed by atoms with Crippen LogP contribution in [0.4, 0.5) is 0 Å². The number of nitrogens with two attached hydrogens (primary N) is 1. The lowest BCUT2D eigenvalue weighted by molar-refractivity contribution is -0.118. The van der Waals surface area contributed by atoms with Gasteiger partial charge < -0.3 is 11.1 Å². The van der Waals surface area contributed by atoms with Crippen LogP contribution in [-0.4, -0.2) is 52.2 Å². The number of hydrogen-bond acceptors (Lipinski definition) is 4. The molecule has 0 bridgehead atoms. The number of carbonyl (C=O) groups excluding carboxylic acids is 2. The van der Waals surface area contributed by atoms with Crippen LogP contribution in [-0.2, 0) is 11.8 Å². The number of likely N-dealkylation sites (tertiary alicyclic amines) is 1. The van der Waals surface area contributed by atoms with Crippen LogP contribution in [0.15, 0.2) is 0 Å². The van der Waals surface area contributed by atoms with Gasteiger partial charge in [0.25, 0.3) is 5.91 Å². The predicted molar refractivity (Wildman–Crippen MR) is 95.5 cm³/mol. The number of halogens is 2. The van der Waals surface area contributed by atoms with Gasteiger partial charge in [0.15, 0.2) is 5.69 Å². The van der Waals surface area contributed by atoms with E-state index in [1.807, 2.05) is 11.8 Å². The molecule has 1 fully saturated rings. The van der Waals surface area contributed by atoms with E-state index in [0.717, 1.165) is 25.1 Å². The zero-order valence-electron chi connectivity index (χ0n) is 14.2. The first-order valence-electron chi connectivity index (χ1n) is 7.84. The molecule has 136 valence electrons. The minimum absolute atomic E-state index is 0. The van der Waals surface area contributed by atoms with Gasteiger partial charge in [-0.3, -0.25) is 19.2 Å². The van der Waals surface area contributed by atoms with Crippen LogP contribution in [0.3, 0.4) is 0 Å². The SMILES string of the molecule is CCC[C@H]1CN(CC(N)=O)C[C@@H]1NC(=O)c1nn(C)c(C)c1Cl.Cl. The van der Waals surface area contributed by atoms with Crippen LogP contribution < -0.4 is 11.1 Å². The monoisotopic (exact) mass is 377 g/mol. The highest BCUT2D eigenvalue weighted by atomic mass is 35.5. The Hall–Kier alpha value is -1.31. The normalized spacial score (nSPS) is 20.7. The van der Waals surface area contributed by atoms with E-state index in [1.54, 1.807) is 11.7 Å². The van der Waals surface area contributed by atoms with Crippen LogP contribution in [0, 0.1) is 12.8 Å². The summed E-state index contributed by atoms with van der Waals surface area (Å²) in [6.07, 6.45) is 2.00. The van der Waals surface area contributed by atoms with Crippen LogP contribution in [0.25, 0.3) is 0 Å². The number of amides is 2. The molecule has 2 amide bonds. The number of nitrogens with zero attached hydrogens (tertiary/aromatic N) is 3. The Labute approximate surface area is 153 Å². The van der Waals surface area contributed by atoms with E-state index in [9.17, 15) is 9.59 Å². The maximum Gasteiger partial charge on any atom is 0.273 e. The van der Waals surface area contributed by atoms with Crippen LogP contribution >= 0.6 is 24.0 Å². The summed E-state index contributed by atoms with van der Waals surface area (Å²) in [5.41, 5.74) is 6.27. The molecular formula is C15H25Cl2N5O2. The fourth-order valence-corrected chi connectivity index (χ4v) is 3.35. The number of primary amides is 1. The van der Waals surface area contributed by atoms with E-state index in [4.69, 9.17) is 17.3 Å².